The second kappa shape index (κ2) is 5.64. The predicted molar refractivity (Wildman–Crippen MR) is 88.8 cm³/mol. The van der Waals surface area contributed by atoms with E-state index in [0.717, 1.165) is 12.8 Å². The molecule has 2 rings (SSSR count). The fourth-order valence-corrected chi connectivity index (χ4v) is 5.21. The van der Waals surface area contributed by atoms with E-state index < -0.39 is 24.0 Å². The van der Waals surface area contributed by atoms with Crippen LogP contribution in [-0.4, -0.2) is 22.6 Å². The number of carbonyl (C=O) groups is 2. The highest BCUT2D eigenvalue weighted by molar-refractivity contribution is 5.90. The van der Waals surface area contributed by atoms with Crippen molar-refractivity contribution < 1.29 is 19.4 Å². The lowest BCUT2D eigenvalue weighted by molar-refractivity contribution is -0.220. The molecular formula is C19H30O4. The summed E-state index contributed by atoms with van der Waals surface area (Å²) in [4.78, 5) is 23.2. The van der Waals surface area contributed by atoms with Gasteiger partial charge in [0.25, 0.3) is 0 Å². The lowest BCUT2D eigenvalue weighted by atomic mass is 9.54. The zero-order valence-electron chi connectivity index (χ0n) is 15.2. The first-order chi connectivity index (χ1) is 10.4. The summed E-state index contributed by atoms with van der Waals surface area (Å²) >= 11 is 0. The molecule has 0 heterocycles. The minimum absolute atomic E-state index is 0.232. The van der Waals surface area contributed by atoms with Gasteiger partial charge in [0.15, 0.2) is 0 Å². The molecule has 0 radical (unpaired) electrons. The van der Waals surface area contributed by atoms with Gasteiger partial charge in [-0.1, -0.05) is 53.7 Å². The maximum absolute atomic E-state index is 12.3. The smallest absolute Gasteiger partial charge is 0.317 e. The van der Waals surface area contributed by atoms with Gasteiger partial charge in [0.1, 0.15) is 12.0 Å². The van der Waals surface area contributed by atoms with Gasteiger partial charge in [0.05, 0.1) is 0 Å². The number of allylic oxidation sites excluding steroid dienone is 2. The molecule has 3 unspecified atom stereocenters. The van der Waals surface area contributed by atoms with Crippen LogP contribution in [0.2, 0.25) is 0 Å². The summed E-state index contributed by atoms with van der Waals surface area (Å²) in [6, 6.07) is 0. The highest BCUT2D eigenvalue weighted by Gasteiger charge is 2.62. The van der Waals surface area contributed by atoms with Crippen LogP contribution in [0.4, 0.5) is 0 Å². The Morgan fingerprint density at radius 1 is 1.04 bits per heavy atom. The molecule has 130 valence electrons. The third-order valence-corrected chi connectivity index (χ3v) is 5.60. The zero-order valence-corrected chi connectivity index (χ0v) is 15.2. The SMILES string of the molecule is CC(C)(C)C(OC(=O)CC(=O)O)(C1CC2C=CC1C2)C(C)(C)C. The van der Waals surface area contributed by atoms with Crippen molar-refractivity contribution >= 4 is 11.9 Å². The van der Waals surface area contributed by atoms with Crippen molar-refractivity contribution in [1.29, 1.82) is 0 Å². The normalized spacial score (nSPS) is 27.3. The molecule has 23 heavy (non-hydrogen) atoms. The number of ether oxygens (including phenoxy) is 1. The first kappa shape index (κ1) is 18.0. The van der Waals surface area contributed by atoms with Crippen LogP contribution in [0.15, 0.2) is 12.2 Å². The van der Waals surface area contributed by atoms with Crippen LogP contribution in [0.5, 0.6) is 0 Å². The Kier molecular flexibility index (Phi) is 4.42. The van der Waals surface area contributed by atoms with Crippen molar-refractivity contribution in [3.8, 4) is 0 Å². The average molecular weight is 322 g/mol. The summed E-state index contributed by atoms with van der Waals surface area (Å²) in [5.41, 5.74) is -1.28. The Bertz CT molecular complexity index is 504. The van der Waals surface area contributed by atoms with Crippen LogP contribution in [0, 0.1) is 28.6 Å². The van der Waals surface area contributed by atoms with Crippen molar-refractivity contribution in [1.82, 2.24) is 0 Å². The van der Waals surface area contributed by atoms with Gasteiger partial charge in [-0.25, -0.2) is 0 Å². The number of aliphatic carboxylic acids is 1. The van der Waals surface area contributed by atoms with E-state index in [-0.39, 0.29) is 16.7 Å². The topological polar surface area (TPSA) is 63.6 Å². The minimum Gasteiger partial charge on any atom is -0.481 e. The summed E-state index contributed by atoms with van der Waals surface area (Å²) in [5, 5.41) is 8.94. The highest BCUT2D eigenvalue weighted by Crippen LogP contribution is 2.60. The number of hydrogen-bond acceptors (Lipinski definition) is 3. The van der Waals surface area contributed by atoms with Gasteiger partial charge in [-0.15, -0.1) is 0 Å². The zero-order chi connectivity index (χ0) is 17.6. The fourth-order valence-electron chi connectivity index (χ4n) is 5.21. The van der Waals surface area contributed by atoms with Crippen LogP contribution in [0.25, 0.3) is 0 Å². The molecule has 0 aliphatic heterocycles. The molecule has 0 saturated heterocycles. The van der Waals surface area contributed by atoms with E-state index in [4.69, 9.17) is 9.84 Å². The van der Waals surface area contributed by atoms with Gasteiger partial charge in [-0.3, -0.25) is 9.59 Å². The summed E-state index contributed by atoms with van der Waals surface area (Å²) < 4.78 is 6.06. The highest BCUT2D eigenvalue weighted by atomic mass is 16.6. The summed E-state index contributed by atoms with van der Waals surface area (Å²) in [5.74, 6) is -0.563. The molecule has 0 amide bonds. The van der Waals surface area contributed by atoms with E-state index in [1.807, 2.05) is 0 Å². The van der Waals surface area contributed by atoms with Gasteiger partial charge in [-0.05, 0) is 24.7 Å². The van der Waals surface area contributed by atoms with Gasteiger partial charge >= 0.3 is 11.9 Å². The van der Waals surface area contributed by atoms with E-state index in [2.05, 4.69) is 53.7 Å². The first-order valence-corrected chi connectivity index (χ1v) is 8.50. The molecule has 1 saturated carbocycles. The molecule has 4 nitrogen and oxygen atoms in total. The second-order valence-corrected chi connectivity index (χ2v) is 9.17. The third-order valence-electron chi connectivity index (χ3n) is 5.60. The Morgan fingerprint density at radius 2 is 1.61 bits per heavy atom. The first-order valence-electron chi connectivity index (χ1n) is 8.50. The molecule has 3 atom stereocenters. The standard InChI is InChI=1S/C19H30O4/c1-17(2,3)19(18(4,5)6,23-16(22)11-15(20)21)14-10-12-7-8-13(14)9-12/h7-8,12-14H,9-11H2,1-6H3,(H,20,21). The monoisotopic (exact) mass is 322 g/mol. The van der Waals surface area contributed by atoms with E-state index in [0.29, 0.717) is 11.8 Å². The molecule has 0 spiro atoms. The molecule has 4 heteroatoms. The second-order valence-electron chi connectivity index (χ2n) is 9.17. The van der Waals surface area contributed by atoms with E-state index in [9.17, 15) is 9.59 Å². The molecule has 0 aromatic carbocycles. The van der Waals surface area contributed by atoms with Gasteiger partial charge in [0.2, 0.25) is 0 Å². The van der Waals surface area contributed by atoms with Crippen LogP contribution in [0.3, 0.4) is 0 Å². The number of rotatable bonds is 4. The number of hydrogen-bond donors (Lipinski definition) is 1. The number of carboxylic acids is 1. The minimum atomic E-state index is -1.14. The van der Waals surface area contributed by atoms with Gasteiger partial charge in [-0.2, -0.15) is 0 Å². The Labute approximate surface area is 139 Å². The summed E-state index contributed by atoms with van der Waals surface area (Å²) in [6.45, 7) is 12.6. The summed E-state index contributed by atoms with van der Waals surface area (Å²) in [6.07, 6.45) is 6.09. The quantitative estimate of drug-likeness (QED) is 0.482. The maximum atomic E-state index is 12.3. The maximum Gasteiger partial charge on any atom is 0.317 e. The number of carboxylic acid groups (broad SMARTS) is 1. The molecule has 0 aromatic rings. The molecule has 2 bridgehead atoms. The molecular weight excluding hydrogens is 292 g/mol. The third kappa shape index (κ3) is 3.05. The lowest BCUT2D eigenvalue weighted by Crippen LogP contribution is -2.62. The van der Waals surface area contributed by atoms with E-state index >= 15 is 0 Å². The van der Waals surface area contributed by atoms with Crippen LogP contribution < -0.4 is 0 Å². The van der Waals surface area contributed by atoms with E-state index in [1.54, 1.807) is 0 Å². The fraction of sp³-hybridized carbons (Fsp3) is 0.789. The van der Waals surface area contributed by atoms with Crippen molar-refractivity contribution in [2.45, 2.75) is 66.4 Å². The van der Waals surface area contributed by atoms with Crippen LogP contribution >= 0.6 is 0 Å². The van der Waals surface area contributed by atoms with Gasteiger partial charge < -0.3 is 9.84 Å². The molecule has 1 fully saturated rings. The lowest BCUT2D eigenvalue weighted by Gasteiger charge is -2.57. The van der Waals surface area contributed by atoms with Crippen molar-refractivity contribution in [2.75, 3.05) is 0 Å². The number of carbonyl (C=O) groups excluding carboxylic acids is 1. The van der Waals surface area contributed by atoms with Crippen molar-refractivity contribution in [3.63, 3.8) is 0 Å². The van der Waals surface area contributed by atoms with Crippen molar-refractivity contribution in [3.05, 3.63) is 12.2 Å². The number of fused-ring (bicyclic) bond motifs is 2. The van der Waals surface area contributed by atoms with Crippen LogP contribution in [0.1, 0.15) is 60.8 Å². The average Bonchev–Trinajstić information content (AvgIpc) is 2.93. The number of esters is 1. The Balaban J connectivity index is 2.46. The Morgan fingerprint density at radius 3 is 1.96 bits per heavy atom. The summed E-state index contributed by atoms with van der Waals surface area (Å²) in [7, 11) is 0. The molecule has 1 N–H and O–H groups in total. The van der Waals surface area contributed by atoms with Crippen LogP contribution in [-0.2, 0) is 14.3 Å². The van der Waals surface area contributed by atoms with Crippen molar-refractivity contribution in [2.24, 2.45) is 28.6 Å². The molecule has 2 aliphatic rings. The molecule has 0 aromatic heterocycles. The predicted octanol–water partition coefficient (Wildman–Crippen LogP) is 4.05. The van der Waals surface area contributed by atoms with Gasteiger partial charge in [0, 0.05) is 16.7 Å². The Hall–Kier alpha value is -1.32. The van der Waals surface area contributed by atoms with E-state index in [1.165, 1.54) is 0 Å². The largest absolute Gasteiger partial charge is 0.481 e. The molecule has 2 aliphatic carbocycles.